The number of carboxylic acids is 1. The number of ether oxygens (including phenoxy) is 1. The van der Waals surface area contributed by atoms with Crippen molar-refractivity contribution in [3.63, 3.8) is 0 Å². The number of hydrogen-bond donors (Lipinski definition) is 1. The summed E-state index contributed by atoms with van der Waals surface area (Å²) in [6.45, 7) is 5.75. The van der Waals surface area contributed by atoms with Crippen LogP contribution in [0.4, 0.5) is 4.79 Å². The molecule has 0 heterocycles. The van der Waals surface area contributed by atoms with Crippen molar-refractivity contribution in [1.82, 2.24) is 4.90 Å². The predicted octanol–water partition coefficient (Wildman–Crippen LogP) is 3.29. The first-order valence-corrected chi connectivity index (χ1v) is 7.57. The molecule has 0 radical (unpaired) electrons. The molecule has 22 heavy (non-hydrogen) atoms. The SMILES string of the molecule is CCN(C(=O)OCc1ccccc1)C(C)(C(=O)O)C1(C)CC1. The zero-order chi connectivity index (χ0) is 16.4. The number of hydrogen-bond acceptors (Lipinski definition) is 3. The maximum absolute atomic E-state index is 12.4. The summed E-state index contributed by atoms with van der Waals surface area (Å²) in [7, 11) is 0. The van der Waals surface area contributed by atoms with Gasteiger partial charge in [0, 0.05) is 12.0 Å². The molecule has 5 nitrogen and oxygen atoms in total. The van der Waals surface area contributed by atoms with Gasteiger partial charge in [-0.3, -0.25) is 4.90 Å². The van der Waals surface area contributed by atoms with Crippen LogP contribution in [0.25, 0.3) is 0 Å². The molecule has 1 saturated carbocycles. The number of likely N-dealkylation sites (N-methyl/N-ethyl adjacent to an activating group) is 1. The van der Waals surface area contributed by atoms with Gasteiger partial charge in [-0.05, 0) is 32.3 Å². The van der Waals surface area contributed by atoms with Gasteiger partial charge in [-0.1, -0.05) is 37.3 Å². The lowest BCUT2D eigenvalue weighted by Crippen LogP contribution is -2.60. The van der Waals surface area contributed by atoms with Crippen LogP contribution >= 0.6 is 0 Å². The van der Waals surface area contributed by atoms with Crippen molar-refractivity contribution in [2.75, 3.05) is 6.54 Å². The average Bonchev–Trinajstić information content (AvgIpc) is 3.26. The third kappa shape index (κ3) is 2.80. The Bertz CT molecular complexity index is 553. The molecule has 5 heteroatoms. The first kappa shape index (κ1) is 16.3. The molecule has 1 N–H and O–H groups in total. The van der Waals surface area contributed by atoms with E-state index in [1.807, 2.05) is 37.3 Å². The maximum atomic E-state index is 12.4. The van der Waals surface area contributed by atoms with E-state index in [1.165, 1.54) is 4.90 Å². The molecule has 1 fully saturated rings. The van der Waals surface area contributed by atoms with E-state index in [0.29, 0.717) is 6.54 Å². The van der Waals surface area contributed by atoms with Crippen molar-refractivity contribution in [1.29, 1.82) is 0 Å². The fourth-order valence-corrected chi connectivity index (χ4v) is 2.80. The first-order chi connectivity index (χ1) is 10.3. The Morgan fingerprint density at radius 3 is 2.36 bits per heavy atom. The van der Waals surface area contributed by atoms with Gasteiger partial charge in [0.25, 0.3) is 0 Å². The van der Waals surface area contributed by atoms with Gasteiger partial charge >= 0.3 is 12.1 Å². The zero-order valence-corrected chi connectivity index (χ0v) is 13.3. The smallest absolute Gasteiger partial charge is 0.411 e. The molecule has 1 aromatic carbocycles. The highest BCUT2D eigenvalue weighted by Crippen LogP contribution is 2.56. The van der Waals surface area contributed by atoms with Crippen LogP contribution in [-0.4, -0.2) is 34.2 Å². The third-order valence-corrected chi connectivity index (χ3v) is 4.87. The van der Waals surface area contributed by atoms with E-state index in [1.54, 1.807) is 13.8 Å². The Kier molecular flexibility index (Phi) is 4.44. The summed E-state index contributed by atoms with van der Waals surface area (Å²) < 4.78 is 5.32. The van der Waals surface area contributed by atoms with Crippen molar-refractivity contribution < 1.29 is 19.4 Å². The number of carboxylic acid groups (broad SMARTS) is 1. The Balaban J connectivity index is 2.12. The number of carbonyl (C=O) groups is 2. The summed E-state index contributed by atoms with van der Waals surface area (Å²) in [6, 6.07) is 9.35. The number of amides is 1. The van der Waals surface area contributed by atoms with Gasteiger partial charge in [0.15, 0.2) is 0 Å². The van der Waals surface area contributed by atoms with E-state index in [0.717, 1.165) is 18.4 Å². The van der Waals surface area contributed by atoms with Crippen LogP contribution in [0, 0.1) is 5.41 Å². The minimum absolute atomic E-state index is 0.141. The molecule has 1 unspecified atom stereocenters. The van der Waals surface area contributed by atoms with Gasteiger partial charge in [0.1, 0.15) is 12.1 Å². The Hall–Kier alpha value is -2.04. The van der Waals surface area contributed by atoms with E-state index < -0.39 is 17.6 Å². The lowest BCUT2D eigenvalue weighted by Gasteiger charge is -2.41. The fraction of sp³-hybridized carbons (Fsp3) is 0.529. The third-order valence-electron chi connectivity index (χ3n) is 4.87. The molecular formula is C17H23NO4. The second kappa shape index (κ2) is 5.99. The van der Waals surface area contributed by atoms with E-state index in [-0.39, 0.29) is 12.0 Å². The van der Waals surface area contributed by atoms with Gasteiger partial charge in [-0.25, -0.2) is 9.59 Å². The van der Waals surface area contributed by atoms with E-state index >= 15 is 0 Å². The molecule has 0 aromatic heterocycles. The number of carbonyl (C=O) groups excluding carboxylic acids is 1. The number of rotatable bonds is 6. The Morgan fingerprint density at radius 1 is 1.32 bits per heavy atom. The minimum atomic E-state index is -1.24. The number of aliphatic carboxylic acids is 1. The van der Waals surface area contributed by atoms with Gasteiger partial charge in [-0.15, -0.1) is 0 Å². The predicted molar refractivity (Wildman–Crippen MR) is 82.4 cm³/mol. The fourth-order valence-electron chi connectivity index (χ4n) is 2.80. The quantitative estimate of drug-likeness (QED) is 0.875. The summed E-state index contributed by atoms with van der Waals surface area (Å²) in [6.07, 6.45) is 1.03. The van der Waals surface area contributed by atoms with Crippen LogP contribution in [0.3, 0.4) is 0 Å². The van der Waals surface area contributed by atoms with Crippen LogP contribution in [0.1, 0.15) is 39.2 Å². The van der Waals surface area contributed by atoms with Crippen molar-refractivity contribution in [3.8, 4) is 0 Å². The molecular weight excluding hydrogens is 282 g/mol. The van der Waals surface area contributed by atoms with Crippen molar-refractivity contribution >= 4 is 12.1 Å². The van der Waals surface area contributed by atoms with Crippen LogP contribution in [0.5, 0.6) is 0 Å². The molecule has 0 aliphatic heterocycles. The minimum Gasteiger partial charge on any atom is -0.479 e. The zero-order valence-electron chi connectivity index (χ0n) is 13.3. The molecule has 0 spiro atoms. The summed E-state index contributed by atoms with van der Waals surface area (Å²) in [5.41, 5.74) is -0.752. The van der Waals surface area contributed by atoms with Gasteiger partial charge in [0.05, 0.1) is 0 Å². The van der Waals surface area contributed by atoms with Crippen molar-refractivity contribution in [3.05, 3.63) is 35.9 Å². The topological polar surface area (TPSA) is 66.8 Å². The molecule has 1 amide bonds. The van der Waals surface area contributed by atoms with E-state index in [4.69, 9.17) is 4.74 Å². The highest BCUT2D eigenvalue weighted by molar-refractivity contribution is 5.85. The van der Waals surface area contributed by atoms with Crippen LogP contribution in [0.15, 0.2) is 30.3 Å². The summed E-state index contributed by atoms with van der Waals surface area (Å²) >= 11 is 0. The average molecular weight is 305 g/mol. The van der Waals surface area contributed by atoms with Crippen LogP contribution in [0.2, 0.25) is 0 Å². The molecule has 2 rings (SSSR count). The highest BCUT2D eigenvalue weighted by Gasteiger charge is 2.62. The van der Waals surface area contributed by atoms with Gasteiger partial charge < -0.3 is 9.84 Å². The largest absolute Gasteiger partial charge is 0.479 e. The van der Waals surface area contributed by atoms with Gasteiger partial charge in [0.2, 0.25) is 0 Å². The maximum Gasteiger partial charge on any atom is 0.411 e. The monoisotopic (exact) mass is 305 g/mol. The van der Waals surface area contributed by atoms with E-state index in [2.05, 4.69) is 0 Å². The van der Waals surface area contributed by atoms with E-state index in [9.17, 15) is 14.7 Å². The lowest BCUT2D eigenvalue weighted by atomic mass is 9.82. The number of nitrogens with zero attached hydrogens (tertiary/aromatic N) is 1. The summed E-state index contributed by atoms with van der Waals surface area (Å²) in [4.78, 5) is 25.6. The molecule has 0 saturated heterocycles. The van der Waals surface area contributed by atoms with Gasteiger partial charge in [-0.2, -0.15) is 0 Å². The molecule has 1 aliphatic carbocycles. The Morgan fingerprint density at radius 2 is 1.91 bits per heavy atom. The molecule has 1 aliphatic rings. The molecule has 0 bridgehead atoms. The summed E-state index contributed by atoms with van der Waals surface area (Å²) in [5.74, 6) is -0.981. The molecule has 1 atom stereocenters. The van der Waals surface area contributed by atoms with Crippen molar-refractivity contribution in [2.24, 2.45) is 5.41 Å². The van der Waals surface area contributed by atoms with Crippen molar-refractivity contribution in [2.45, 2.75) is 45.8 Å². The number of benzene rings is 1. The lowest BCUT2D eigenvalue weighted by molar-refractivity contribution is -0.154. The standard InChI is InChI=1S/C17H23NO4/c1-4-18(17(3,14(19)20)16(2)10-11-16)15(21)22-12-13-8-6-5-7-9-13/h5-9H,4,10-12H2,1-3H3,(H,19,20). The normalized spacial score (nSPS) is 18.1. The second-order valence-electron chi connectivity index (χ2n) is 6.22. The molecule has 120 valence electrons. The Labute approximate surface area is 130 Å². The highest BCUT2D eigenvalue weighted by atomic mass is 16.6. The molecule has 1 aromatic rings. The second-order valence-corrected chi connectivity index (χ2v) is 6.22. The van der Waals surface area contributed by atoms with Crippen LogP contribution < -0.4 is 0 Å². The first-order valence-electron chi connectivity index (χ1n) is 7.57. The summed E-state index contributed by atoms with van der Waals surface area (Å²) in [5, 5.41) is 9.69. The van der Waals surface area contributed by atoms with Crippen LogP contribution in [-0.2, 0) is 16.1 Å².